The molecule has 0 saturated carbocycles. The summed E-state index contributed by atoms with van der Waals surface area (Å²) in [5, 5.41) is 6.10. The average molecular weight is 496 g/mol. The first-order valence-corrected chi connectivity index (χ1v) is 12.7. The summed E-state index contributed by atoms with van der Waals surface area (Å²) >= 11 is 1.55. The van der Waals surface area contributed by atoms with Crippen LogP contribution in [0.5, 0.6) is 0 Å². The van der Waals surface area contributed by atoms with Crippen molar-refractivity contribution in [1.82, 2.24) is 29.8 Å². The summed E-state index contributed by atoms with van der Waals surface area (Å²) in [5.41, 5.74) is 3.61. The molecule has 0 fully saturated rings. The Morgan fingerprint density at radius 1 is 1.03 bits per heavy atom. The maximum Gasteiger partial charge on any atom is 0.261 e. The number of carbonyl (C=O) groups is 2. The summed E-state index contributed by atoms with van der Waals surface area (Å²) in [4.78, 5) is 46.9. The van der Waals surface area contributed by atoms with Crippen LogP contribution in [0.4, 0.5) is 5.95 Å². The van der Waals surface area contributed by atoms with Gasteiger partial charge in [-0.15, -0.1) is 11.3 Å². The molecule has 10 heteroatoms. The number of H-pyrrole nitrogens is 1. The van der Waals surface area contributed by atoms with E-state index in [0.29, 0.717) is 29.3 Å². The minimum Gasteiger partial charge on any atom is -0.352 e. The fraction of sp³-hybridized carbons (Fsp3) is 0.192. The Morgan fingerprint density at radius 3 is 2.78 bits per heavy atom. The first kappa shape index (κ1) is 21.0. The third-order valence-electron chi connectivity index (χ3n) is 6.90. The first-order valence-electron chi connectivity index (χ1n) is 11.8. The number of carbonyl (C=O) groups excluding carboxylic acids is 2. The quantitative estimate of drug-likeness (QED) is 0.369. The number of anilines is 1. The number of nitrogens with zero attached hydrogens (tertiary/aromatic N) is 5. The lowest BCUT2D eigenvalue weighted by atomic mass is 9.97. The van der Waals surface area contributed by atoms with E-state index >= 15 is 0 Å². The lowest BCUT2D eigenvalue weighted by Crippen LogP contribution is -2.35. The van der Waals surface area contributed by atoms with E-state index in [1.54, 1.807) is 17.5 Å². The monoisotopic (exact) mass is 495 g/mol. The van der Waals surface area contributed by atoms with Gasteiger partial charge in [-0.1, -0.05) is 25.1 Å². The van der Waals surface area contributed by atoms with Crippen molar-refractivity contribution in [2.75, 3.05) is 11.4 Å². The Labute approximate surface area is 209 Å². The highest BCUT2D eigenvalue weighted by atomic mass is 32.1. The van der Waals surface area contributed by atoms with Crippen molar-refractivity contribution in [3.8, 4) is 0 Å². The fourth-order valence-corrected chi connectivity index (χ4v) is 5.96. The molecule has 4 aromatic heterocycles. The maximum atomic E-state index is 13.2. The standard InChI is InChI=1S/C26H21N7O2S/c1-2-19-27-11-14-13-32(8-9-33(14)19)26-29-18-6-4-3-5-16(18)22(30-26)21-20(23(34)31-24(21)35)17-12-28-25-15(17)7-10-36-25/h3-7,10-12,28H,2,8-9,13H2,1H3,(H,31,34,35). The molecule has 7 rings (SSSR count). The van der Waals surface area contributed by atoms with Gasteiger partial charge < -0.3 is 14.5 Å². The zero-order valence-corrected chi connectivity index (χ0v) is 20.2. The highest BCUT2D eigenvalue weighted by Gasteiger charge is 2.36. The van der Waals surface area contributed by atoms with Gasteiger partial charge in [0.15, 0.2) is 0 Å². The van der Waals surface area contributed by atoms with Crippen molar-refractivity contribution in [3.63, 3.8) is 0 Å². The van der Waals surface area contributed by atoms with Crippen molar-refractivity contribution >= 4 is 61.4 Å². The van der Waals surface area contributed by atoms with Crippen LogP contribution in [0.25, 0.3) is 32.3 Å². The predicted octanol–water partition coefficient (Wildman–Crippen LogP) is 3.52. The van der Waals surface area contributed by atoms with E-state index in [2.05, 4.69) is 31.7 Å². The third kappa shape index (κ3) is 3.04. The van der Waals surface area contributed by atoms with Crippen LogP contribution in [-0.2, 0) is 29.1 Å². The molecular weight excluding hydrogens is 474 g/mol. The number of nitrogens with one attached hydrogen (secondary N) is 2. The zero-order chi connectivity index (χ0) is 24.4. The van der Waals surface area contributed by atoms with Crippen molar-refractivity contribution in [2.24, 2.45) is 0 Å². The molecule has 9 nitrogen and oxygen atoms in total. The molecule has 1 aromatic carbocycles. The number of imidazole rings is 1. The number of aromatic nitrogens is 5. The van der Waals surface area contributed by atoms with Gasteiger partial charge in [0, 0.05) is 42.0 Å². The molecule has 2 amide bonds. The number of aromatic amines is 1. The van der Waals surface area contributed by atoms with Crippen LogP contribution in [0.15, 0.2) is 48.1 Å². The highest BCUT2D eigenvalue weighted by Crippen LogP contribution is 2.38. The number of hydrogen-bond acceptors (Lipinski definition) is 7. The number of benzene rings is 1. The number of imide groups is 1. The van der Waals surface area contributed by atoms with Gasteiger partial charge >= 0.3 is 0 Å². The summed E-state index contributed by atoms with van der Waals surface area (Å²) in [6.07, 6.45) is 4.58. The molecule has 2 N–H and O–H groups in total. The van der Waals surface area contributed by atoms with Crippen LogP contribution in [0, 0.1) is 0 Å². The predicted molar refractivity (Wildman–Crippen MR) is 138 cm³/mol. The fourth-order valence-electron chi connectivity index (χ4n) is 5.19. The van der Waals surface area contributed by atoms with E-state index in [1.807, 2.05) is 41.9 Å². The maximum absolute atomic E-state index is 13.2. The normalized spacial score (nSPS) is 15.9. The second-order valence-corrected chi connectivity index (χ2v) is 9.80. The van der Waals surface area contributed by atoms with E-state index in [1.165, 1.54) is 0 Å². The molecule has 5 aromatic rings. The number of amides is 2. The number of hydrogen-bond donors (Lipinski definition) is 2. The van der Waals surface area contributed by atoms with E-state index in [4.69, 9.17) is 9.97 Å². The lowest BCUT2D eigenvalue weighted by molar-refractivity contribution is -0.122. The van der Waals surface area contributed by atoms with Gasteiger partial charge in [-0.3, -0.25) is 14.9 Å². The molecule has 0 aliphatic carbocycles. The van der Waals surface area contributed by atoms with Gasteiger partial charge in [-0.25, -0.2) is 15.0 Å². The molecule has 2 aliphatic heterocycles. The summed E-state index contributed by atoms with van der Waals surface area (Å²) in [6, 6.07) is 9.57. The Hall–Kier alpha value is -4.31. The number of rotatable bonds is 4. The van der Waals surface area contributed by atoms with Crippen molar-refractivity contribution in [1.29, 1.82) is 0 Å². The number of fused-ring (bicyclic) bond motifs is 3. The number of para-hydroxylation sites is 1. The largest absolute Gasteiger partial charge is 0.352 e. The summed E-state index contributed by atoms with van der Waals surface area (Å²) in [6.45, 7) is 4.23. The van der Waals surface area contributed by atoms with Crippen LogP contribution < -0.4 is 10.2 Å². The minimum atomic E-state index is -0.446. The average Bonchev–Trinajstić information content (AvgIpc) is 3.66. The van der Waals surface area contributed by atoms with Crippen molar-refractivity contribution in [3.05, 3.63) is 70.9 Å². The zero-order valence-electron chi connectivity index (χ0n) is 19.4. The first-order chi connectivity index (χ1) is 17.6. The van der Waals surface area contributed by atoms with E-state index < -0.39 is 11.8 Å². The second-order valence-electron chi connectivity index (χ2n) is 8.88. The van der Waals surface area contributed by atoms with Crippen LogP contribution in [-0.4, -0.2) is 42.9 Å². The van der Waals surface area contributed by atoms with Crippen LogP contribution >= 0.6 is 11.3 Å². The molecule has 0 radical (unpaired) electrons. The Balaban J connectivity index is 1.42. The molecule has 0 spiro atoms. The minimum absolute atomic E-state index is 0.280. The Bertz CT molecular complexity index is 1740. The van der Waals surface area contributed by atoms with E-state index in [9.17, 15) is 9.59 Å². The van der Waals surface area contributed by atoms with Gasteiger partial charge in [0.25, 0.3) is 11.8 Å². The molecule has 0 bridgehead atoms. The van der Waals surface area contributed by atoms with Crippen molar-refractivity contribution in [2.45, 2.75) is 26.4 Å². The molecule has 0 atom stereocenters. The second kappa shape index (κ2) is 7.85. The van der Waals surface area contributed by atoms with Gasteiger partial charge in [-0.05, 0) is 17.5 Å². The molecule has 6 heterocycles. The smallest absolute Gasteiger partial charge is 0.261 e. The van der Waals surface area contributed by atoms with Gasteiger partial charge in [0.2, 0.25) is 5.95 Å². The molecule has 0 saturated heterocycles. The molecular formula is C26H21N7O2S. The number of thiophene rings is 1. The van der Waals surface area contributed by atoms with Crippen LogP contribution in [0.1, 0.15) is 29.7 Å². The SMILES string of the molecule is CCc1ncc2n1CCN(c1nc(C3=C(c4c[nH]c5sccc45)C(=O)NC3=O)c3ccccc3n1)C2. The van der Waals surface area contributed by atoms with Gasteiger partial charge in [-0.2, -0.15) is 0 Å². The summed E-state index contributed by atoms with van der Waals surface area (Å²) in [5.74, 6) is 0.744. The molecule has 0 unspecified atom stereocenters. The Morgan fingerprint density at radius 2 is 1.89 bits per heavy atom. The van der Waals surface area contributed by atoms with Gasteiger partial charge in [0.05, 0.1) is 40.8 Å². The van der Waals surface area contributed by atoms with Gasteiger partial charge in [0.1, 0.15) is 10.7 Å². The molecule has 178 valence electrons. The summed E-state index contributed by atoms with van der Waals surface area (Å²) < 4.78 is 2.25. The molecule has 2 aliphatic rings. The number of aryl methyl sites for hydroxylation is 1. The van der Waals surface area contributed by atoms with Crippen molar-refractivity contribution < 1.29 is 9.59 Å². The van der Waals surface area contributed by atoms with Crippen LogP contribution in [0.3, 0.4) is 0 Å². The molecule has 36 heavy (non-hydrogen) atoms. The highest BCUT2D eigenvalue weighted by molar-refractivity contribution is 7.16. The van der Waals surface area contributed by atoms with Crippen LogP contribution in [0.2, 0.25) is 0 Å². The van der Waals surface area contributed by atoms with E-state index in [0.717, 1.165) is 52.1 Å². The third-order valence-corrected chi connectivity index (χ3v) is 7.74. The topological polar surface area (TPSA) is 109 Å². The van der Waals surface area contributed by atoms with E-state index in [-0.39, 0.29) is 5.57 Å². The summed E-state index contributed by atoms with van der Waals surface area (Å²) in [7, 11) is 0. The lowest BCUT2D eigenvalue weighted by Gasteiger charge is -2.29. The Kier molecular flexibility index (Phi) is 4.58.